The van der Waals surface area contributed by atoms with Crippen molar-refractivity contribution in [3.05, 3.63) is 0 Å². The highest BCUT2D eigenvalue weighted by atomic mass is 16.5. The Bertz CT molecular complexity index is 196. The van der Waals surface area contributed by atoms with E-state index in [4.69, 9.17) is 9.84 Å². The number of carbonyl (C=O) groups is 1. The zero-order valence-electron chi connectivity index (χ0n) is 9.37. The number of amides is 1. The van der Waals surface area contributed by atoms with E-state index >= 15 is 0 Å². The van der Waals surface area contributed by atoms with Gasteiger partial charge in [0.25, 0.3) is 0 Å². The van der Waals surface area contributed by atoms with Crippen LogP contribution in [-0.4, -0.2) is 36.9 Å². The highest BCUT2D eigenvalue weighted by molar-refractivity contribution is 5.76. The molecule has 0 aromatic rings. The van der Waals surface area contributed by atoms with Crippen molar-refractivity contribution in [2.75, 3.05) is 13.7 Å². The Morgan fingerprint density at radius 3 is 2.93 bits per heavy atom. The second-order valence-electron chi connectivity index (χ2n) is 4.06. The molecule has 0 bridgehead atoms. The van der Waals surface area contributed by atoms with E-state index in [0.717, 1.165) is 25.7 Å². The van der Waals surface area contributed by atoms with Gasteiger partial charge in [-0.1, -0.05) is 0 Å². The maximum Gasteiger partial charge on any atom is 0.220 e. The third-order valence-corrected chi connectivity index (χ3v) is 2.91. The Morgan fingerprint density at radius 2 is 2.27 bits per heavy atom. The van der Waals surface area contributed by atoms with Crippen LogP contribution in [0.4, 0.5) is 0 Å². The number of ether oxygens (including phenoxy) is 1. The van der Waals surface area contributed by atoms with Gasteiger partial charge in [0.1, 0.15) is 0 Å². The average molecular weight is 215 g/mol. The van der Waals surface area contributed by atoms with Gasteiger partial charge in [-0.2, -0.15) is 0 Å². The molecule has 4 nitrogen and oxygen atoms in total. The molecule has 0 heterocycles. The SMILES string of the molecule is COC1CCCC1NC(=O)CCCCO. The van der Waals surface area contributed by atoms with Crippen LogP contribution >= 0.6 is 0 Å². The molecule has 2 unspecified atom stereocenters. The number of hydrogen-bond acceptors (Lipinski definition) is 3. The summed E-state index contributed by atoms with van der Waals surface area (Å²) in [4.78, 5) is 11.5. The van der Waals surface area contributed by atoms with Gasteiger partial charge in [0.15, 0.2) is 0 Å². The first-order valence-electron chi connectivity index (χ1n) is 5.71. The largest absolute Gasteiger partial charge is 0.396 e. The van der Waals surface area contributed by atoms with Crippen molar-refractivity contribution in [2.24, 2.45) is 0 Å². The summed E-state index contributed by atoms with van der Waals surface area (Å²) in [5.74, 6) is 0.0809. The number of unbranched alkanes of at least 4 members (excludes halogenated alkanes) is 1. The zero-order chi connectivity index (χ0) is 11.1. The monoisotopic (exact) mass is 215 g/mol. The van der Waals surface area contributed by atoms with Gasteiger partial charge in [0.2, 0.25) is 5.91 Å². The highest BCUT2D eigenvalue weighted by Gasteiger charge is 2.27. The third-order valence-electron chi connectivity index (χ3n) is 2.91. The van der Waals surface area contributed by atoms with Gasteiger partial charge in [0, 0.05) is 20.1 Å². The van der Waals surface area contributed by atoms with Gasteiger partial charge < -0.3 is 15.2 Å². The lowest BCUT2D eigenvalue weighted by molar-refractivity contribution is -0.122. The van der Waals surface area contributed by atoms with Gasteiger partial charge in [-0.05, 0) is 32.1 Å². The van der Waals surface area contributed by atoms with E-state index in [9.17, 15) is 4.79 Å². The molecule has 0 spiro atoms. The molecule has 2 atom stereocenters. The zero-order valence-corrected chi connectivity index (χ0v) is 9.37. The average Bonchev–Trinajstić information content (AvgIpc) is 2.65. The molecule has 1 aliphatic rings. The van der Waals surface area contributed by atoms with E-state index in [1.807, 2.05) is 0 Å². The number of nitrogens with one attached hydrogen (secondary N) is 1. The van der Waals surface area contributed by atoms with Crippen LogP contribution in [0, 0.1) is 0 Å². The number of methoxy groups -OCH3 is 1. The molecule has 88 valence electrons. The van der Waals surface area contributed by atoms with E-state index in [2.05, 4.69) is 5.32 Å². The summed E-state index contributed by atoms with van der Waals surface area (Å²) in [6, 6.07) is 0.191. The van der Waals surface area contributed by atoms with Crippen molar-refractivity contribution in [2.45, 2.75) is 50.7 Å². The summed E-state index contributed by atoms with van der Waals surface area (Å²) in [5, 5.41) is 11.6. The van der Waals surface area contributed by atoms with Crippen LogP contribution in [0.15, 0.2) is 0 Å². The smallest absolute Gasteiger partial charge is 0.220 e. The van der Waals surface area contributed by atoms with Crippen LogP contribution in [0.5, 0.6) is 0 Å². The molecule has 4 heteroatoms. The summed E-state index contributed by atoms with van der Waals surface area (Å²) in [5.41, 5.74) is 0. The van der Waals surface area contributed by atoms with Gasteiger partial charge in [0.05, 0.1) is 12.1 Å². The molecule has 0 radical (unpaired) electrons. The molecule has 0 aromatic carbocycles. The fraction of sp³-hybridized carbons (Fsp3) is 0.909. The number of rotatable bonds is 6. The van der Waals surface area contributed by atoms with Gasteiger partial charge in [-0.15, -0.1) is 0 Å². The molecular formula is C11H21NO3. The standard InChI is InChI=1S/C11H21NO3/c1-15-10-6-4-5-9(10)12-11(14)7-2-3-8-13/h9-10,13H,2-8H2,1H3,(H,12,14). The number of aliphatic hydroxyl groups excluding tert-OH is 1. The molecule has 1 aliphatic carbocycles. The molecular weight excluding hydrogens is 194 g/mol. The molecule has 0 aromatic heterocycles. The second kappa shape index (κ2) is 6.80. The summed E-state index contributed by atoms with van der Waals surface area (Å²) < 4.78 is 5.30. The first-order valence-corrected chi connectivity index (χ1v) is 5.71. The van der Waals surface area contributed by atoms with Crippen molar-refractivity contribution in [3.8, 4) is 0 Å². The van der Waals surface area contributed by atoms with Crippen molar-refractivity contribution < 1.29 is 14.6 Å². The van der Waals surface area contributed by atoms with Crippen molar-refractivity contribution >= 4 is 5.91 Å². The molecule has 15 heavy (non-hydrogen) atoms. The van der Waals surface area contributed by atoms with E-state index in [1.54, 1.807) is 7.11 Å². The molecule has 1 saturated carbocycles. The van der Waals surface area contributed by atoms with Crippen LogP contribution in [0.3, 0.4) is 0 Å². The summed E-state index contributed by atoms with van der Waals surface area (Å²) in [6.45, 7) is 0.164. The Labute approximate surface area is 91.0 Å². The first kappa shape index (κ1) is 12.5. The van der Waals surface area contributed by atoms with Crippen LogP contribution in [-0.2, 0) is 9.53 Å². The summed E-state index contributed by atoms with van der Waals surface area (Å²) in [7, 11) is 1.70. The third kappa shape index (κ3) is 4.18. The lowest BCUT2D eigenvalue weighted by Crippen LogP contribution is -2.40. The molecule has 1 fully saturated rings. The maximum absolute atomic E-state index is 11.5. The van der Waals surface area contributed by atoms with Crippen LogP contribution in [0.25, 0.3) is 0 Å². The van der Waals surface area contributed by atoms with Crippen molar-refractivity contribution in [3.63, 3.8) is 0 Å². The summed E-state index contributed by atoms with van der Waals surface area (Å²) in [6.07, 6.45) is 5.33. The quantitative estimate of drug-likeness (QED) is 0.645. The minimum atomic E-state index is 0.0809. The Morgan fingerprint density at radius 1 is 1.47 bits per heavy atom. The van der Waals surface area contributed by atoms with E-state index < -0.39 is 0 Å². The maximum atomic E-state index is 11.5. The van der Waals surface area contributed by atoms with E-state index in [-0.39, 0.29) is 24.7 Å². The minimum absolute atomic E-state index is 0.0809. The molecule has 0 aliphatic heterocycles. The Balaban J connectivity index is 2.19. The summed E-state index contributed by atoms with van der Waals surface area (Å²) >= 11 is 0. The fourth-order valence-corrected chi connectivity index (χ4v) is 2.05. The van der Waals surface area contributed by atoms with Crippen LogP contribution < -0.4 is 5.32 Å². The Hall–Kier alpha value is -0.610. The van der Waals surface area contributed by atoms with E-state index in [0.29, 0.717) is 12.8 Å². The van der Waals surface area contributed by atoms with E-state index in [1.165, 1.54) is 0 Å². The normalized spacial score (nSPS) is 25.5. The number of aliphatic hydroxyl groups is 1. The second-order valence-corrected chi connectivity index (χ2v) is 4.06. The van der Waals surface area contributed by atoms with Crippen molar-refractivity contribution in [1.29, 1.82) is 0 Å². The van der Waals surface area contributed by atoms with Crippen molar-refractivity contribution in [1.82, 2.24) is 5.32 Å². The van der Waals surface area contributed by atoms with Crippen LogP contribution in [0.2, 0.25) is 0 Å². The molecule has 2 N–H and O–H groups in total. The van der Waals surface area contributed by atoms with Gasteiger partial charge in [-0.3, -0.25) is 4.79 Å². The van der Waals surface area contributed by atoms with Crippen LogP contribution in [0.1, 0.15) is 38.5 Å². The lowest BCUT2D eigenvalue weighted by atomic mass is 10.2. The predicted molar refractivity (Wildman–Crippen MR) is 57.5 cm³/mol. The van der Waals surface area contributed by atoms with Gasteiger partial charge >= 0.3 is 0 Å². The highest BCUT2D eigenvalue weighted by Crippen LogP contribution is 2.21. The van der Waals surface area contributed by atoms with Gasteiger partial charge in [-0.25, -0.2) is 0 Å². The predicted octanol–water partition coefficient (Wildman–Crippen LogP) is 0.833. The number of hydrogen-bond donors (Lipinski definition) is 2. The molecule has 1 rings (SSSR count). The first-order chi connectivity index (χ1) is 7.27. The Kier molecular flexibility index (Phi) is 5.65. The molecule has 0 saturated heterocycles. The topological polar surface area (TPSA) is 58.6 Å². The lowest BCUT2D eigenvalue weighted by Gasteiger charge is -2.19. The fourth-order valence-electron chi connectivity index (χ4n) is 2.05. The number of carbonyl (C=O) groups excluding carboxylic acids is 1. The molecule has 1 amide bonds. The minimum Gasteiger partial charge on any atom is -0.396 e.